The number of pyridine rings is 1. The van der Waals surface area contributed by atoms with Gasteiger partial charge in [0.1, 0.15) is 11.7 Å². The van der Waals surface area contributed by atoms with E-state index in [0.717, 1.165) is 0 Å². The number of nitrogens with one attached hydrogen (secondary N) is 1. The van der Waals surface area contributed by atoms with Crippen LogP contribution in [0.2, 0.25) is 0 Å². The molecule has 0 saturated heterocycles. The van der Waals surface area contributed by atoms with Gasteiger partial charge >= 0.3 is 11.7 Å². The Morgan fingerprint density at radius 1 is 1.27 bits per heavy atom. The van der Waals surface area contributed by atoms with Crippen molar-refractivity contribution in [2.24, 2.45) is 0 Å². The van der Waals surface area contributed by atoms with Gasteiger partial charge in [-0.1, -0.05) is 12.1 Å². The van der Waals surface area contributed by atoms with Crippen molar-refractivity contribution in [3.63, 3.8) is 0 Å². The summed E-state index contributed by atoms with van der Waals surface area (Å²) in [6.45, 7) is 0. The fourth-order valence-corrected chi connectivity index (χ4v) is 2.31. The highest BCUT2D eigenvalue weighted by atomic mass is 16.6. The quantitative estimate of drug-likeness (QED) is 0.452. The molecule has 1 heterocycles. The van der Waals surface area contributed by atoms with Crippen molar-refractivity contribution in [2.45, 2.75) is 12.5 Å². The van der Waals surface area contributed by atoms with Crippen LogP contribution < -0.4 is 10.1 Å². The molecule has 1 atom stereocenters. The Bertz CT molecular complexity index is 809. The molecule has 136 valence electrons. The second kappa shape index (κ2) is 8.56. The van der Waals surface area contributed by atoms with Crippen molar-refractivity contribution in [3.8, 4) is 5.75 Å². The normalized spacial score (nSPS) is 11.3. The van der Waals surface area contributed by atoms with Crippen molar-refractivity contribution in [1.29, 1.82) is 0 Å². The van der Waals surface area contributed by atoms with Gasteiger partial charge in [-0.2, -0.15) is 0 Å². The first kappa shape index (κ1) is 18.8. The number of benzene rings is 1. The Labute approximate surface area is 149 Å². The highest BCUT2D eigenvalue weighted by Crippen LogP contribution is 2.28. The summed E-state index contributed by atoms with van der Waals surface area (Å²) in [5, 5.41) is 13.7. The van der Waals surface area contributed by atoms with Gasteiger partial charge in [0, 0.05) is 18.7 Å². The van der Waals surface area contributed by atoms with Crippen LogP contribution in [-0.4, -0.2) is 42.0 Å². The molecule has 0 aliphatic carbocycles. The van der Waals surface area contributed by atoms with Crippen molar-refractivity contribution < 1.29 is 24.0 Å². The summed E-state index contributed by atoms with van der Waals surface area (Å²) in [5.74, 6) is -1.12. The van der Waals surface area contributed by atoms with Crippen LogP contribution in [0.25, 0.3) is 0 Å². The number of esters is 1. The maximum absolute atomic E-state index is 12.2. The molecule has 0 fully saturated rings. The minimum Gasteiger partial charge on any atom is -0.490 e. The number of nitrogens with zero attached hydrogens (tertiary/aromatic N) is 2. The standard InChI is InChI=1S/C17H17N3O6/c1-25-15-7-6-11(10-14(15)20(23)24)9-13(17(22)26-2)19-16(21)12-5-3-4-8-18-12/h3-8,10,13H,9H2,1-2H3,(H,19,21)/t13-/m1/s1. The molecule has 0 aliphatic heterocycles. The zero-order valence-electron chi connectivity index (χ0n) is 14.2. The summed E-state index contributed by atoms with van der Waals surface area (Å²) in [4.78, 5) is 38.7. The Morgan fingerprint density at radius 2 is 2.04 bits per heavy atom. The second-order valence-electron chi connectivity index (χ2n) is 5.23. The van der Waals surface area contributed by atoms with E-state index in [1.54, 1.807) is 18.2 Å². The van der Waals surface area contributed by atoms with Gasteiger partial charge in [-0.05, 0) is 23.8 Å². The lowest BCUT2D eigenvalue weighted by atomic mass is 10.0. The summed E-state index contributed by atoms with van der Waals surface area (Å²) in [5.41, 5.74) is 0.376. The van der Waals surface area contributed by atoms with Crippen LogP contribution in [0.1, 0.15) is 16.1 Å². The SMILES string of the molecule is COC(=O)[C@@H](Cc1ccc(OC)c([N+](=O)[O-])c1)NC(=O)c1ccccn1. The van der Waals surface area contributed by atoms with Gasteiger partial charge in [0.2, 0.25) is 0 Å². The Kier molecular flexibility index (Phi) is 6.20. The van der Waals surface area contributed by atoms with Crippen LogP contribution in [0, 0.1) is 10.1 Å². The lowest BCUT2D eigenvalue weighted by Gasteiger charge is -2.16. The fourth-order valence-electron chi connectivity index (χ4n) is 2.31. The van der Waals surface area contributed by atoms with Crippen molar-refractivity contribution in [1.82, 2.24) is 10.3 Å². The number of ether oxygens (including phenoxy) is 2. The number of nitro benzene ring substituents is 1. The molecule has 1 N–H and O–H groups in total. The first-order valence-electron chi connectivity index (χ1n) is 7.57. The van der Waals surface area contributed by atoms with Gasteiger partial charge < -0.3 is 14.8 Å². The van der Waals surface area contributed by atoms with Gasteiger partial charge in [0.25, 0.3) is 5.91 Å². The zero-order chi connectivity index (χ0) is 19.1. The summed E-state index contributed by atoms with van der Waals surface area (Å²) >= 11 is 0. The highest BCUT2D eigenvalue weighted by Gasteiger charge is 2.25. The number of amides is 1. The van der Waals surface area contributed by atoms with Gasteiger partial charge in [0.15, 0.2) is 5.75 Å². The molecule has 2 aromatic rings. The Hall–Kier alpha value is -3.49. The average Bonchev–Trinajstić information content (AvgIpc) is 2.67. The van der Waals surface area contributed by atoms with E-state index in [1.807, 2.05) is 0 Å². The van der Waals surface area contributed by atoms with Gasteiger partial charge in [0.05, 0.1) is 19.1 Å². The molecule has 1 aromatic heterocycles. The van der Waals surface area contributed by atoms with E-state index >= 15 is 0 Å². The van der Waals surface area contributed by atoms with Gasteiger partial charge in [-0.25, -0.2) is 4.79 Å². The Balaban J connectivity index is 2.23. The third-order valence-corrected chi connectivity index (χ3v) is 3.57. The van der Waals surface area contributed by atoms with Crippen LogP contribution in [0.5, 0.6) is 5.75 Å². The maximum Gasteiger partial charge on any atom is 0.328 e. The predicted octanol–water partition coefficient (Wildman–Crippen LogP) is 1.51. The van der Waals surface area contributed by atoms with Crippen LogP contribution >= 0.6 is 0 Å². The molecule has 0 aliphatic rings. The minimum atomic E-state index is -1.03. The highest BCUT2D eigenvalue weighted by molar-refractivity contribution is 5.95. The predicted molar refractivity (Wildman–Crippen MR) is 90.9 cm³/mol. The zero-order valence-corrected chi connectivity index (χ0v) is 14.2. The van der Waals surface area contributed by atoms with E-state index in [2.05, 4.69) is 10.3 Å². The van der Waals surface area contributed by atoms with Gasteiger partial charge in [-0.3, -0.25) is 19.9 Å². The average molecular weight is 359 g/mol. The molecule has 9 nitrogen and oxygen atoms in total. The molecule has 0 unspecified atom stereocenters. The number of rotatable bonds is 7. The largest absolute Gasteiger partial charge is 0.490 e. The molecule has 26 heavy (non-hydrogen) atoms. The molecule has 9 heteroatoms. The molecule has 1 amide bonds. The third-order valence-electron chi connectivity index (χ3n) is 3.57. The van der Waals surface area contributed by atoms with Crippen LogP contribution in [-0.2, 0) is 16.0 Å². The summed E-state index contributed by atoms with van der Waals surface area (Å²) < 4.78 is 9.66. The van der Waals surface area contributed by atoms with E-state index in [0.29, 0.717) is 5.56 Å². The Morgan fingerprint density at radius 3 is 2.62 bits per heavy atom. The first-order valence-corrected chi connectivity index (χ1v) is 7.57. The van der Waals surface area contributed by atoms with E-state index < -0.39 is 22.8 Å². The number of aromatic nitrogens is 1. The lowest BCUT2D eigenvalue weighted by Crippen LogP contribution is -2.43. The molecule has 0 saturated carbocycles. The number of hydrogen-bond donors (Lipinski definition) is 1. The maximum atomic E-state index is 12.2. The lowest BCUT2D eigenvalue weighted by molar-refractivity contribution is -0.385. The van der Waals surface area contributed by atoms with E-state index in [9.17, 15) is 19.7 Å². The van der Waals surface area contributed by atoms with E-state index in [4.69, 9.17) is 9.47 Å². The fraction of sp³-hybridized carbons (Fsp3) is 0.235. The number of nitro groups is 1. The number of hydrogen-bond acceptors (Lipinski definition) is 7. The van der Waals surface area contributed by atoms with Crippen LogP contribution in [0.4, 0.5) is 5.69 Å². The molecular weight excluding hydrogens is 342 g/mol. The van der Waals surface area contributed by atoms with Crippen molar-refractivity contribution in [2.75, 3.05) is 14.2 Å². The van der Waals surface area contributed by atoms with E-state index in [1.165, 1.54) is 38.6 Å². The topological polar surface area (TPSA) is 121 Å². The third kappa shape index (κ3) is 4.53. The minimum absolute atomic E-state index is 0.0100. The molecule has 2 rings (SSSR count). The second-order valence-corrected chi connectivity index (χ2v) is 5.23. The number of carbonyl (C=O) groups excluding carboxylic acids is 2. The van der Waals surface area contributed by atoms with Crippen molar-refractivity contribution in [3.05, 3.63) is 64.0 Å². The summed E-state index contributed by atoms with van der Waals surface area (Å²) in [7, 11) is 2.52. The molecule has 0 radical (unpaired) electrons. The molecule has 0 bridgehead atoms. The van der Waals surface area contributed by atoms with Crippen molar-refractivity contribution >= 4 is 17.6 Å². The first-order chi connectivity index (χ1) is 12.5. The van der Waals surface area contributed by atoms with Crippen LogP contribution in [0.15, 0.2) is 42.6 Å². The smallest absolute Gasteiger partial charge is 0.328 e. The van der Waals surface area contributed by atoms with Gasteiger partial charge in [-0.15, -0.1) is 0 Å². The summed E-state index contributed by atoms with van der Waals surface area (Å²) in [6, 6.07) is 8.08. The summed E-state index contributed by atoms with van der Waals surface area (Å²) in [6.07, 6.45) is 1.46. The molecule has 1 aromatic carbocycles. The molecule has 0 spiro atoms. The number of methoxy groups -OCH3 is 2. The monoisotopic (exact) mass is 359 g/mol. The number of carbonyl (C=O) groups is 2. The van der Waals surface area contributed by atoms with E-state index in [-0.39, 0.29) is 23.6 Å². The molecular formula is C17H17N3O6. The van der Waals surface area contributed by atoms with Crippen LogP contribution in [0.3, 0.4) is 0 Å².